The third kappa shape index (κ3) is 6.42. The Morgan fingerprint density at radius 1 is 1.06 bits per heavy atom. The molecule has 174 valence electrons. The van der Waals surface area contributed by atoms with Gasteiger partial charge in [0, 0.05) is 5.56 Å². The molecule has 3 aromatic rings. The number of nitrogens with one attached hydrogen (secondary N) is 2. The molecule has 1 heterocycles. The van der Waals surface area contributed by atoms with Gasteiger partial charge < -0.3 is 14.2 Å². The van der Waals surface area contributed by atoms with Crippen molar-refractivity contribution in [1.29, 1.82) is 0 Å². The molecule has 0 spiro atoms. The van der Waals surface area contributed by atoms with Gasteiger partial charge in [0.2, 0.25) is 0 Å². The largest absolute Gasteiger partial charge is 0.493 e. The topological polar surface area (TPSA) is 98.8 Å². The first-order valence-electron chi connectivity index (χ1n) is 10.1. The standard InChI is InChI=1S/C23H24FN3O5S/c1-13(2)32-18-10-5-15(11-19(18)30-4)22(28)26-27-23(29)21-14(3)25-20(33-21)12-31-17-8-6-16(24)7-9-17/h5-11,13H,12H2,1-4H3,(H,26,28)(H,27,29). The van der Waals surface area contributed by atoms with Crippen molar-refractivity contribution in [3.05, 3.63) is 69.4 Å². The van der Waals surface area contributed by atoms with Gasteiger partial charge in [0.15, 0.2) is 11.5 Å². The molecule has 0 atom stereocenters. The van der Waals surface area contributed by atoms with Crippen molar-refractivity contribution in [2.75, 3.05) is 7.11 Å². The molecule has 0 unspecified atom stereocenters. The zero-order chi connectivity index (χ0) is 24.0. The maximum absolute atomic E-state index is 13.0. The molecule has 0 fully saturated rings. The lowest BCUT2D eigenvalue weighted by Crippen LogP contribution is -2.41. The maximum Gasteiger partial charge on any atom is 0.281 e. The minimum Gasteiger partial charge on any atom is -0.493 e. The van der Waals surface area contributed by atoms with E-state index in [2.05, 4.69) is 15.8 Å². The minimum absolute atomic E-state index is 0.0495. The number of hydrazine groups is 1. The predicted molar refractivity (Wildman–Crippen MR) is 121 cm³/mol. The van der Waals surface area contributed by atoms with Gasteiger partial charge in [-0.05, 0) is 63.2 Å². The van der Waals surface area contributed by atoms with Crippen molar-refractivity contribution in [3.8, 4) is 17.2 Å². The summed E-state index contributed by atoms with van der Waals surface area (Å²) in [6, 6.07) is 10.3. The summed E-state index contributed by atoms with van der Waals surface area (Å²) < 4.78 is 29.5. The highest BCUT2D eigenvalue weighted by molar-refractivity contribution is 7.13. The fraction of sp³-hybridized carbons (Fsp3) is 0.261. The molecule has 10 heteroatoms. The zero-order valence-electron chi connectivity index (χ0n) is 18.6. The number of thiazole rings is 1. The molecule has 3 rings (SSSR count). The van der Waals surface area contributed by atoms with Crippen molar-refractivity contribution >= 4 is 23.2 Å². The van der Waals surface area contributed by atoms with Gasteiger partial charge in [0.05, 0.1) is 18.9 Å². The molecule has 2 aromatic carbocycles. The average Bonchev–Trinajstić information content (AvgIpc) is 3.17. The Hall–Kier alpha value is -3.66. The Balaban J connectivity index is 1.59. The number of halogens is 1. The van der Waals surface area contributed by atoms with Crippen molar-refractivity contribution in [1.82, 2.24) is 15.8 Å². The van der Waals surface area contributed by atoms with E-state index < -0.39 is 11.8 Å². The van der Waals surface area contributed by atoms with Crippen LogP contribution in [0.15, 0.2) is 42.5 Å². The van der Waals surface area contributed by atoms with E-state index in [0.717, 1.165) is 11.3 Å². The van der Waals surface area contributed by atoms with Crippen LogP contribution in [0, 0.1) is 12.7 Å². The predicted octanol–water partition coefficient (Wildman–Crippen LogP) is 4.04. The van der Waals surface area contributed by atoms with Gasteiger partial charge in [-0.1, -0.05) is 0 Å². The summed E-state index contributed by atoms with van der Waals surface area (Å²) in [4.78, 5) is 29.7. The molecule has 0 radical (unpaired) electrons. The van der Waals surface area contributed by atoms with Crippen LogP contribution in [0.25, 0.3) is 0 Å². The molecule has 0 aliphatic rings. The van der Waals surface area contributed by atoms with Gasteiger partial charge in [-0.2, -0.15) is 0 Å². The third-order valence-electron chi connectivity index (χ3n) is 4.30. The summed E-state index contributed by atoms with van der Waals surface area (Å²) in [5.41, 5.74) is 5.57. The fourth-order valence-electron chi connectivity index (χ4n) is 2.80. The van der Waals surface area contributed by atoms with Crippen molar-refractivity contribution < 1.29 is 28.2 Å². The van der Waals surface area contributed by atoms with Gasteiger partial charge in [-0.25, -0.2) is 9.37 Å². The van der Waals surface area contributed by atoms with E-state index in [1.54, 1.807) is 19.1 Å². The molecular weight excluding hydrogens is 449 g/mol. The van der Waals surface area contributed by atoms with Crippen LogP contribution in [0.4, 0.5) is 4.39 Å². The van der Waals surface area contributed by atoms with Crippen molar-refractivity contribution in [2.24, 2.45) is 0 Å². The number of benzene rings is 2. The first-order valence-corrected chi connectivity index (χ1v) is 10.9. The molecule has 33 heavy (non-hydrogen) atoms. The lowest BCUT2D eigenvalue weighted by atomic mass is 10.2. The zero-order valence-corrected chi connectivity index (χ0v) is 19.4. The maximum atomic E-state index is 13.0. The Morgan fingerprint density at radius 2 is 1.76 bits per heavy atom. The summed E-state index contributed by atoms with van der Waals surface area (Å²) in [6.07, 6.45) is -0.0495. The highest BCUT2D eigenvalue weighted by Gasteiger charge is 2.18. The van der Waals surface area contributed by atoms with E-state index in [1.807, 2.05) is 13.8 Å². The number of hydrogen-bond donors (Lipinski definition) is 2. The molecule has 1 aromatic heterocycles. The number of aryl methyl sites for hydroxylation is 1. The van der Waals surface area contributed by atoms with E-state index >= 15 is 0 Å². The Bertz CT molecular complexity index is 1130. The first-order chi connectivity index (χ1) is 15.8. The molecule has 0 saturated carbocycles. The number of nitrogens with zero attached hydrogens (tertiary/aromatic N) is 1. The van der Waals surface area contributed by atoms with E-state index in [9.17, 15) is 14.0 Å². The fourth-order valence-corrected chi connectivity index (χ4v) is 3.68. The van der Waals surface area contributed by atoms with Crippen LogP contribution in [0.5, 0.6) is 17.2 Å². The average molecular weight is 474 g/mol. The van der Waals surface area contributed by atoms with Crippen LogP contribution in [0.3, 0.4) is 0 Å². The normalized spacial score (nSPS) is 10.6. The van der Waals surface area contributed by atoms with Gasteiger partial charge in [-0.15, -0.1) is 11.3 Å². The molecule has 0 aliphatic carbocycles. The van der Waals surface area contributed by atoms with E-state index in [-0.39, 0.29) is 24.1 Å². The number of carbonyl (C=O) groups excluding carboxylic acids is 2. The number of ether oxygens (including phenoxy) is 3. The lowest BCUT2D eigenvalue weighted by molar-refractivity contribution is 0.0848. The second kappa shape index (κ2) is 10.8. The molecular formula is C23H24FN3O5S. The van der Waals surface area contributed by atoms with Crippen LogP contribution < -0.4 is 25.1 Å². The monoisotopic (exact) mass is 473 g/mol. The second-order valence-corrected chi connectivity index (χ2v) is 8.29. The number of amides is 2. The van der Waals surface area contributed by atoms with Gasteiger partial charge >= 0.3 is 0 Å². The lowest BCUT2D eigenvalue weighted by Gasteiger charge is -2.14. The van der Waals surface area contributed by atoms with Gasteiger partial charge in [-0.3, -0.25) is 20.4 Å². The number of methoxy groups -OCH3 is 1. The highest BCUT2D eigenvalue weighted by Crippen LogP contribution is 2.29. The van der Waals surface area contributed by atoms with E-state index in [1.165, 1.54) is 37.4 Å². The van der Waals surface area contributed by atoms with E-state index in [0.29, 0.717) is 32.8 Å². The number of rotatable bonds is 8. The third-order valence-corrected chi connectivity index (χ3v) is 5.43. The quantitative estimate of drug-likeness (QED) is 0.479. The Kier molecular flexibility index (Phi) is 7.83. The summed E-state index contributed by atoms with van der Waals surface area (Å²) in [7, 11) is 1.48. The van der Waals surface area contributed by atoms with Crippen molar-refractivity contribution in [2.45, 2.75) is 33.5 Å². The highest BCUT2D eigenvalue weighted by atomic mass is 32.1. The molecule has 0 bridgehead atoms. The first kappa shape index (κ1) is 24.0. The summed E-state index contributed by atoms with van der Waals surface area (Å²) in [5, 5.41) is 0.568. The van der Waals surface area contributed by atoms with Crippen molar-refractivity contribution in [3.63, 3.8) is 0 Å². The summed E-state index contributed by atoms with van der Waals surface area (Å²) in [6.45, 7) is 5.59. The molecule has 0 aliphatic heterocycles. The molecule has 0 saturated heterocycles. The van der Waals surface area contributed by atoms with Crippen LogP contribution in [-0.4, -0.2) is 30.0 Å². The Labute approximate surface area is 194 Å². The van der Waals surface area contributed by atoms with Crippen LogP contribution >= 0.6 is 11.3 Å². The molecule has 2 amide bonds. The summed E-state index contributed by atoms with van der Waals surface area (Å²) >= 11 is 1.14. The second-order valence-electron chi connectivity index (χ2n) is 7.21. The van der Waals surface area contributed by atoms with E-state index in [4.69, 9.17) is 14.2 Å². The molecule has 2 N–H and O–H groups in total. The molecule has 8 nitrogen and oxygen atoms in total. The van der Waals surface area contributed by atoms with Crippen LogP contribution in [0.2, 0.25) is 0 Å². The minimum atomic E-state index is -0.514. The Morgan fingerprint density at radius 3 is 2.42 bits per heavy atom. The number of carbonyl (C=O) groups is 2. The van der Waals surface area contributed by atoms with Gasteiger partial charge in [0.25, 0.3) is 11.8 Å². The van der Waals surface area contributed by atoms with Crippen LogP contribution in [0.1, 0.15) is 44.6 Å². The SMILES string of the molecule is COc1cc(C(=O)NNC(=O)c2sc(COc3ccc(F)cc3)nc2C)ccc1OC(C)C. The van der Waals surface area contributed by atoms with Crippen LogP contribution in [-0.2, 0) is 6.61 Å². The number of aromatic nitrogens is 1. The number of hydrogen-bond acceptors (Lipinski definition) is 7. The van der Waals surface area contributed by atoms with Gasteiger partial charge in [0.1, 0.15) is 28.1 Å². The smallest absolute Gasteiger partial charge is 0.281 e. The summed E-state index contributed by atoms with van der Waals surface area (Å²) in [5.74, 6) is 0.0444.